The van der Waals surface area contributed by atoms with E-state index in [9.17, 15) is 9.59 Å². The van der Waals surface area contributed by atoms with E-state index in [1.807, 2.05) is 48.5 Å². The maximum Gasteiger partial charge on any atom is 0.338 e. The Morgan fingerprint density at radius 2 is 1.16 bits per heavy atom. The van der Waals surface area contributed by atoms with Crippen LogP contribution in [-0.4, -0.2) is 26.2 Å². The monoisotopic (exact) mass is 420 g/mol. The molecule has 0 bridgehead atoms. The molecular formula is C28H20O4. The molecule has 32 heavy (non-hydrogen) atoms. The molecule has 5 rings (SSSR count). The van der Waals surface area contributed by atoms with Crippen LogP contribution in [0.4, 0.5) is 0 Å². The summed E-state index contributed by atoms with van der Waals surface area (Å²) in [5, 5.41) is 0. The van der Waals surface area contributed by atoms with Gasteiger partial charge in [-0.3, -0.25) is 0 Å². The first-order valence-electron chi connectivity index (χ1n) is 10.3. The predicted octanol–water partition coefficient (Wildman–Crippen LogP) is 5.16. The van der Waals surface area contributed by atoms with Crippen molar-refractivity contribution in [1.82, 2.24) is 0 Å². The molecule has 0 amide bonds. The van der Waals surface area contributed by atoms with E-state index in [4.69, 9.17) is 9.47 Å². The van der Waals surface area contributed by atoms with Crippen LogP contribution in [0.1, 0.15) is 27.8 Å². The van der Waals surface area contributed by atoms with Gasteiger partial charge in [-0.2, -0.15) is 0 Å². The molecule has 2 aliphatic carbocycles. The lowest BCUT2D eigenvalue weighted by molar-refractivity contribution is -0.138. The fraction of sp³-hybridized carbons (Fsp3) is 0.0714. The molecule has 0 radical (unpaired) electrons. The molecule has 2 aliphatic rings. The molecule has 4 nitrogen and oxygen atoms in total. The van der Waals surface area contributed by atoms with Gasteiger partial charge in [-0.25, -0.2) is 9.59 Å². The van der Waals surface area contributed by atoms with Crippen molar-refractivity contribution in [1.29, 1.82) is 0 Å². The summed E-state index contributed by atoms with van der Waals surface area (Å²) in [6, 6.07) is 26.3. The molecule has 0 fully saturated rings. The Hall–Kier alpha value is -4.18. The Balaban J connectivity index is 1.92. The van der Waals surface area contributed by atoms with Gasteiger partial charge in [0.25, 0.3) is 0 Å². The van der Waals surface area contributed by atoms with Crippen LogP contribution in [0, 0.1) is 0 Å². The van der Waals surface area contributed by atoms with Gasteiger partial charge in [-0.1, -0.05) is 78.9 Å². The minimum Gasteiger partial charge on any atom is -0.466 e. The third-order valence-corrected chi connectivity index (χ3v) is 5.88. The van der Waals surface area contributed by atoms with Crippen molar-refractivity contribution >= 4 is 34.2 Å². The number of rotatable bonds is 4. The maximum absolute atomic E-state index is 12.9. The first kappa shape index (κ1) is 19.8. The average Bonchev–Trinajstić information content (AvgIpc) is 3.35. The molecule has 156 valence electrons. The van der Waals surface area contributed by atoms with Crippen LogP contribution in [-0.2, 0) is 19.1 Å². The number of ether oxygens (including phenoxy) is 2. The predicted molar refractivity (Wildman–Crippen MR) is 124 cm³/mol. The van der Waals surface area contributed by atoms with Gasteiger partial charge in [0.2, 0.25) is 0 Å². The van der Waals surface area contributed by atoms with Crippen LogP contribution in [0.3, 0.4) is 0 Å². The van der Waals surface area contributed by atoms with Crippen molar-refractivity contribution in [3.63, 3.8) is 0 Å². The molecule has 3 aromatic carbocycles. The zero-order valence-electron chi connectivity index (χ0n) is 17.7. The number of carbonyl (C=O) groups is 2. The van der Waals surface area contributed by atoms with E-state index in [1.54, 1.807) is 0 Å². The van der Waals surface area contributed by atoms with E-state index in [1.165, 1.54) is 20.3 Å². The summed E-state index contributed by atoms with van der Waals surface area (Å²) in [7, 11) is 2.60. The first-order valence-corrected chi connectivity index (χ1v) is 10.3. The van der Waals surface area contributed by atoms with Crippen LogP contribution in [0.2, 0.25) is 0 Å². The number of esters is 2. The molecule has 4 heteroatoms. The molecule has 0 saturated carbocycles. The topological polar surface area (TPSA) is 52.6 Å². The summed E-state index contributed by atoms with van der Waals surface area (Å²) in [6.45, 7) is 0. The second-order valence-corrected chi connectivity index (χ2v) is 7.53. The van der Waals surface area contributed by atoms with Gasteiger partial charge >= 0.3 is 11.9 Å². The van der Waals surface area contributed by atoms with Gasteiger partial charge in [-0.15, -0.1) is 0 Å². The quantitative estimate of drug-likeness (QED) is 0.432. The van der Waals surface area contributed by atoms with E-state index >= 15 is 0 Å². The van der Waals surface area contributed by atoms with Gasteiger partial charge in [0.15, 0.2) is 0 Å². The van der Waals surface area contributed by atoms with Gasteiger partial charge in [-0.05, 0) is 44.5 Å². The van der Waals surface area contributed by atoms with Crippen LogP contribution < -0.4 is 0 Å². The van der Waals surface area contributed by atoms with Crippen LogP contribution in [0.25, 0.3) is 22.3 Å². The molecule has 0 atom stereocenters. The van der Waals surface area contributed by atoms with Crippen molar-refractivity contribution in [2.24, 2.45) is 0 Å². The molecule has 0 spiro atoms. The molecular weight excluding hydrogens is 400 g/mol. The number of hydrogen-bond acceptors (Lipinski definition) is 4. The normalized spacial score (nSPS) is 14.1. The zero-order valence-corrected chi connectivity index (χ0v) is 17.7. The standard InChI is InChI=1S/C28H20O4/c1-31-23(29)16-22(28(30)32-2)25-19-13-7-9-15-21(19)26-24(17-10-4-3-5-11-17)18-12-6-8-14-20(18)27(25)26/h3-16H,1-2H3/b22-16-. The summed E-state index contributed by atoms with van der Waals surface area (Å²) < 4.78 is 9.90. The highest BCUT2D eigenvalue weighted by atomic mass is 16.5. The lowest BCUT2D eigenvalue weighted by Crippen LogP contribution is -2.10. The van der Waals surface area contributed by atoms with Crippen LogP contribution in [0.5, 0.6) is 0 Å². The summed E-state index contributed by atoms with van der Waals surface area (Å²) in [5.74, 6) is -1.19. The molecule has 0 aromatic heterocycles. The third-order valence-electron chi connectivity index (χ3n) is 5.88. The Morgan fingerprint density at radius 3 is 1.75 bits per heavy atom. The number of hydrogen-bond donors (Lipinski definition) is 0. The van der Waals surface area contributed by atoms with E-state index < -0.39 is 11.9 Å². The van der Waals surface area contributed by atoms with Crippen molar-refractivity contribution < 1.29 is 19.1 Å². The van der Waals surface area contributed by atoms with E-state index in [0.29, 0.717) is 5.57 Å². The van der Waals surface area contributed by atoms with Gasteiger partial charge in [0.1, 0.15) is 0 Å². The summed E-state index contributed by atoms with van der Waals surface area (Å²) >= 11 is 0. The maximum atomic E-state index is 12.9. The zero-order chi connectivity index (χ0) is 22.2. The number of fused-ring (bicyclic) bond motifs is 5. The number of carbonyl (C=O) groups excluding carboxylic acids is 2. The van der Waals surface area contributed by atoms with E-state index in [2.05, 4.69) is 30.3 Å². The Morgan fingerprint density at radius 1 is 0.625 bits per heavy atom. The third kappa shape index (κ3) is 2.92. The lowest BCUT2D eigenvalue weighted by Gasteiger charge is -2.12. The molecule has 0 aliphatic heterocycles. The smallest absolute Gasteiger partial charge is 0.338 e. The molecule has 3 aromatic rings. The Kier molecular flexibility index (Phi) is 4.83. The molecule has 0 saturated heterocycles. The van der Waals surface area contributed by atoms with Crippen LogP contribution >= 0.6 is 0 Å². The van der Waals surface area contributed by atoms with Crippen molar-refractivity contribution in [3.8, 4) is 0 Å². The number of benzene rings is 3. The van der Waals surface area contributed by atoms with Crippen molar-refractivity contribution in [2.45, 2.75) is 0 Å². The number of methoxy groups -OCH3 is 2. The van der Waals surface area contributed by atoms with Crippen molar-refractivity contribution in [2.75, 3.05) is 14.2 Å². The summed E-state index contributed by atoms with van der Waals surface area (Å²) in [4.78, 5) is 25.1. The highest BCUT2D eigenvalue weighted by molar-refractivity contribution is 6.37. The highest BCUT2D eigenvalue weighted by Gasteiger charge is 2.39. The number of allylic oxidation sites excluding steroid dienone is 2. The Labute approximate surface area is 186 Å². The highest BCUT2D eigenvalue weighted by Crippen LogP contribution is 2.58. The van der Waals surface area contributed by atoms with Crippen LogP contribution in [0.15, 0.2) is 90.5 Å². The summed E-state index contributed by atoms with van der Waals surface area (Å²) in [6.07, 6.45) is 1.22. The van der Waals surface area contributed by atoms with Crippen molar-refractivity contribution in [3.05, 3.63) is 118 Å². The largest absolute Gasteiger partial charge is 0.466 e. The molecule has 0 unspecified atom stereocenters. The minimum atomic E-state index is -0.608. The molecule has 0 N–H and O–H groups in total. The second kappa shape index (κ2) is 7.82. The van der Waals surface area contributed by atoms with E-state index in [0.717, 1.165) is 44.5 Å². The first-order chi connectivity index (χ1) is 15.7. The SMILES string of the molecule is COC(=O)/C=C(\C(=O)OC)C1=C2C(=C(c3ccccc3)c3ccccc32)c2ccccc21. The van der Waals surface area contributed by atoms with Gasteiger partial charge in [0.05, 0.1) is 19.8 Å². The average molecular weight is 420 g/mol. The summed E-state index contributed by atoms with van der Waals surface area (Å²) in [5.41, 5.74) is 9.09. The molecule has 0 heterocycles. The van der Waals surface area contributed by atoms with Gasteiger partial charge in [0, 0.05) is 11.6 Å². The Bertz CT molecular complexity index is 1360. The van der Waals surface area contributed by atoms with Gasteiger partial charge < -0.3 is 9.47 Å². The fourth-order valence-corrected chi connectivity index (χ4v) is 4.60. The fourth-order valence-electron chi connectivity index (χ4n) is 4.60. The lowest BCUT2D eigenvalue weighted by atomic mass is 9.92. The second-order valence-electron chi connectivity index (χ2n) is 7.53. The van der Waals surface area contributed by atoms with E-state index in [-0.39, 0.29) is 5.57 Å². The minimum absolute atomic E-state index is 0.181.